The average molecular weight is 286 g/mol. The molecule has 0 unspecified atom stereocenters. The molecule has 0 fully saturated rings. The zero-order valence-corrected chi connectivity index (χ0v) is 11.3. The number of halogens is 1. The fourth-order valence-electron chi connectivity index (χ4n) is 1.97. The highest BCUT2D eigenvalue weighted by atomic mass is 35.5. The van der Waals surface area contributed by atoms with Crippen molar-refractivity contribution in [3.05, 3.63) is 59.1 Å². The Morgan fingerprint density at radius 3 is 2.65 bits per heavy atom. The van der Waals surface area contributed by atoms with Gasteiger partial charge in [-0.05, 0) is 34.2 Å². The van der Waals surface area contributed by atoms with Gasteiger partial charge in [-0.25, -0.2) is 4.68 Å². The highest BCUT2D eigenvalue weighted by molar-refractivity contribution is 6.33. The van der Waals surface area contributed by atoms with E-state index in [1.165, 1.54) is 0 Å². The molecule has 0 aliphatic carbocycles. The molecule has 5 nitrogen and oxygen atoms in total. The Hall–Kier alpha value is -2.40. The first-order valence-corrected chi connectivity index (χ1v) is 6.47. The van der Waals surface area contributed by atoms with E-state index >= 15 is 0 Å². The molecule has 0 amide bonds. The number of nitrogens with two attached hydrogens (primary N) is 1. The van der Waals surface area contributed by atoms with E-state index in [2.05, 4.69) is 15.5 Å². The summed E-state index contributed by atoms with van der Waals surface area (Å²) in [5, 5.41) is 12.3. The van der Waals surface area contributed by atoms with Crippen LogP contribution in [0.15, 0.2) is 48.5 Å². The molecular weight excluding hydrogens is 274 g/mol. The second-order valence-electron chi connectivity index (χ2n) is 4.39. The van der Waals surface area contributed by atoms with Crippen LogP contribution in [0, 0.1) is 0 Å². The molecule has 3 aromatic rings. The summed E-state index contributed by atoms with van der Waals surface area (Å²) in [4.78, 5) is 0. The van der Waals surface area contributed by atoms with Crippen molar-refractivity contribution in [1.82, 2.24) is 20.2 Å². The third-order valence-electron chi connectivity index (χ3n) is 2.94. The molecule has 0 aliphatic heterocycles. The molecule has 100 valence electrons. The maximum Gasteiger partial charge on any atom is 0.183 e. The van der Waals surface area contributed by atoms with Crippen molar-refractivity contribution >= 4 is 17.3 Å². The Morgan fingerprint density at radius 1 is 1.10 bits per heavy atom. The number of aromatic nitrogens is 4. The first-order valence-electron chi connectivity index (χ1n) is 6.09. The summed E-state index contributed by atoms with van der Waals surface area (Å²) in [6, 6.07) is 15.3. The molecule has 0 radical (unpaired) electrons. The number of hydrogen-bond acceptors (Lipinski definition) is 4. The fourth-order valence-corrected chi connectivity index (χ4v) is 2.25. The van der Waals surface area contributed by atoms with Crippen molar-refractivity contribution < 1.29 is 0 Å². The van der Waals surface area contributed by atoms with Gasteiger partial charge in [0.15, 0.2) is 5.82 Å². The minimum absolute atomic E-state index is 0.536. The molecule has 0 aliphatic rings. The third kappa shape index (κ3) is 2.48. The van der Waals surface area contributed by atoms with E-state index in [0.717, 1.165) is 11.1 Å². The third-order valence-corrected chi connectivity index (χ3v) is 3.25. The largest absolute Gasteiger partial charge is 0.399 e. The number of rotatable bonds is 3. The maximum atomic E-state index is 6.21. The van der Waals surface area contributed by atoms with Crippen LogP contribution in [0.5, 0.6) is 0 Å². The lowest BCUT2D eigenvalue weighted by Crippen LogP contribution is -2.04. The van der Waals surface area contributed by atoms with Gasteiger partial charge in [0.25, 0.3) is 0 Å². The number of tetrazole rings is 1. The van der Waals surface area contributed by atoms with E-state index < -0.39 is 0 Å². The molecule has 1 aromatic heterocycles. The van der Waals surface area contributed by atoms with Crippen molar-refractivity contribution in [2.45, 2.75) is 6.54 Å². The number of anilines is 1. The zero-order chi connectivity index (χ0) is 13.9. The Balaban J connectivity index is 1.98. The van der Waals surface area contributed by atoms with E-state index in [1.807, 2.05) is 36.4 Å². The van der Waals surface area contributed by atoms with E-state index in [4.69, 9.17) is 17.3 Å². The summed E-state index contributed by atoms with van der Waals surface area (Å²) in [5.74, 6) is 0.624. The summed E-state index contributed by atoms with van der Waals surface area (Å²) < 4.78 is 1.72. The van der Waals surface area contributed by atoms with Gasteiger partial charge in [0, 0.05) is 11.3 Å². The lowest BCUT2D eigenvalue weighted by atomic mass is 10.2. The van der Waals surface area contributed by atoms with Crippen LogP contribution in [0.3, 0.4) is 0 Å². The second kappa shape index (κ2) is 5.30. The Kier molecular flexibility index (Phi) is 3.35. The molecule has 1 heterocycles. The van der Waals surface area contributed by atoms with Crippen molar-refractivity contribution in [2.75, 3.05) is 5.73 Å². The molecule has 0 atom stereocenters. The number of nitrogen functional groups attached to an aromatic ring is 1. The van der Waals surface area contributed by atoms with Gasteiger partial charge in [-0.3, -0.25) is 0 Å². The quantitative estimate of drug-likeness (QED) is 0.751. The predicted molar refractivity (Wildman–Crippen MR) is 78.2 cm³/mol. The van der Waals surface area contributed by atoms with Gasteiger partial charge in [-0.15, -0.1) is 5.10 Å². The second-order valence-corrected chi connectivity index (χ2v) is 4.79. The number of hydrogen-bond donors (Lipinski definition) is 1. The Bertz CT molecular complexity index is 723. The van der Waals surface area contributed by atoms with Gasteiger partial charge in [0.05, 0.1) is 11.6 Å². The summed E-state index contributed by atoms with van der Waals surface area (Å²) >= 11 is 6.21. The van der Waals surface area contributed by atoms with Gasteiger partial charge < -0.3 is 5.73 Å². The molecule has 3 rings (SSSR count). The van der Waals surface area contributed by atoms with Crippen LogP contribution in [-0.2, 0) is 6.54 Å². The van der Waals surface area contributed by atoms with Crippen molar-refractivity contribution in [3.8, 4) is 11.4 Å². The first kappa shape index (κ1) is 12.6. The molecule has 0 bridgehead atoms. The van der Waals surface area contributed by atoms with Crippen LogP contribution in [-0.4, -0.2) is 20.2 Å². The SMILES string of the molecule is Nc1ccc(-c2nnnn2Cc2ccccc2)c(Cl)c1. The van der Waals surface area contributed by atoms with Crippen LogP contribution in [0.2, 0.25) is 5.02 Å². The van der Waals surface area contributed by atoms with E-state index in [-0.39, 0.29) is 0 Å². The summed E-state index contributed by atoms with van der Waals surface area (Å²) in [6.45, 7) is 0.587. The van der Waals surface area contributed by atoms with E-state index in [0.29, 0.717) is 23.1 Å². The zero-order valence-electron chi connectivity index (χ0n) is 10.6. The molecule has 20 heavy (non-hydrogen) atoms. The van der Waals surface area contributed by atoms with Crippen molar-refractivity contribution in [3.63, 3.8) is 0 Å². The maximum absolute atomic E-state index is 6.21. The van der Waals surface area contributed by atoms with Gasteiger partial charge in [0.1, 0.15) is 0 Å². The van der Waals surface area contributed by atoms with Crippen LogP contribution < -0.4 is 5.73 Å². The summed E-state index contributed by atoms with van der Waals surface area (Å²) in [6.07, 6.45) is 0. The highest BCUT2D eigenvalue weighted by Crippen LogP contribution is 2.27. The van der Waals surface area contributed by atoms with Crippen LogP contribution in [0.25, 0.3) is 11.4 Å². The lowest BCUT2D eigenvalue weighted by molar-refractivity contribution is 0.653. The van der Waals surface area contributed by atoms with E-state index in [1.54, 1.807) is 16.8 Å². The molecule has 0 saturated heterocycles. The molecule has 0 spiro atoms. The molecule has 2 aromatic carbocycles. The molecular formula is C14H12ClN5. The molecule has 2 N–H and O–H groups in total. The van der Waals surface area contributed by atoms with Gasteiger partial charge >= 0.3 is 0 Å². The highest BCUT2D eigenvalue weighted by Gasteiger charge is 2.12. The van der Waals surface area contributed by atoms with E-state index in [9.17, 15) is 0 Å². The minimum Gasteiger partial charge on any atom is -0.399 e. The van der Waals surface area contributed by atoms with Gasteiger partial charge in [-0.2, -0.15) is 0 Å². The Morgan fingerprint density at radius 2 is 1.90 bits per heavy atom. The van der Waals surface area contributed by atoms with Crippen LogP contribution in [0.1, 0.15) is 5.56 Å². The first-order chi connectivity index (χ1) is 9.74. The normalized spacial score (nSPS) is 10.7. The predicted octanol–water partition coefficient (Wildman–Crippen LogP) is 2.62. The average Bonchev–Trinajstić information content (AvgIpc) is 2.88. The van der Waals surface area contributed by atoms with Crippen LogP contribution >= 0.6 is 11.6 Å². The van der Waals surface area contributed by atoms with Crippen molar-refractivity contribution in [2.24, 2.45) is 0 Å². The Labute approximate surface area is 121 Å². The summed E-state index contributed by atoms with van der Waals surface area (Å²) in [7, 11) is 0. The van der Waals surface area contributed by atoms with Crippen LogP contribution in [0.4, 0.5) is 5.69 Å². The van der Waals surface area contributed by atoms with Gasteiger partial charge in [-0.1, -0.05) is 41.9 Å². The topological polar surface area (TPSA) is 69.6 Å². The van der Waals surface area contributed by atoms with Crippen molar-refractivity contribution in [1.29, 1.82) is 0 Å². The molecule has 0 saturated carbocycles. The van der Waals surface area contributed by atoms with Gasteiger partial charge in [0.2, 0.25) is 0 Å². The summed E-state index contributed by atoms with van der Waals surface area (Å²) in [5.41, 5.74) is 8.20. The number of benzene rings is 2. The smallest absolute Gasteiger partial charge is 0.183 e. The molecule has 6 heteroatoms. The lowest BCUT2D eigenvalue weighted by Gasteiger charge is -2.07. The minimum atomic E-state index is 0.536. The standard InChI is InChI=1S/C14H12ClN5/c15-13-8-11(16)6-7-12(13)14-17-18-19-20(14)9-10-4-2-1-3-5-10/h1-8H,9,16H2. The monoisotopic (exact) mass is 285 g/mol. The number of nitrogens with zero attached hydrogens (tertiary/aromatic N) is 4. The fraction of sp³-hybridized carbons (Fsp3) is 0.0714.